The number of nitrogens with zero attached hydrogens (tertiary/aromatic N) is 2. The number of benzene rings is 5. The summed E-state index contributed by atoms with van der Waals surface area (Å²) in [5.74, 6) is 0. The van der Waals surface area contributed by atoms with Gasteiger partial charge in [0.25, 0.3) is 0 Å². The number of fused-ring (bicyclic) bond motifs is 3. The lowest BCUT2D eigenvalue weighted by Crippen LogP contribution is -1.92. The number of aryl methyl sites for hydroxylation is 3. The third kappa shape index (κ3) is 4.58. The van der Waals surface area contributed by atoms with Gasteiger partial charge in [0.15, 0.2) is 0 Å². The minimum atomic E-state index is 1.00. The molecule has 5 aromatic carbocycles. The molecule has 0 unspecified atom stereocenters. The Bertz CT molecular complexity index is 2070. The molecular weight excluding hydrogens is 496 g/mol. The highest BCUT2D eigenvalue weighted by atomic mass is 14.7. The molecule has 0 N–H and O–H groups in total. The number of pyridine rings is 2. The van der Waals surface area contributed by atoms with Gasteiger partial charge in [-0.05, 0) is 124 Å². The Hall–Kier alpha value is -5.08. The standard InChI is InChI=1S/C39H30N2/c1-25-15-16-29(38-18-26(2)27(3)24-41-38)22-36(25)31-19-30(28-10-5-4-6-11-28)20-32(21-31)37-23-39-35(14-9-17-40-39)33-12-7-8-13-34(33)37/h4-24H,1-3H3. The van der Waals surface area contributed by atoms with Gasteiger partial charge >= 0.3 is 0 Å². The van der Waals surface area contributed by atoms with Gasteiger partial charge in [0.2, 0.25) is 0 Å². The minimum Gasteiger partial charge on any atom is -0.256 e. The Morgan fingerprint density at radius 3 is 1.93 bits per heavy atom. The lowest BCUT2D eigenvalue weighted by atomic mass is 9.88. The van der Waals surface area contributed by atoms with Crippen LogP contribution in [0.25, 0.3) is 66.3 Å². The molecule has 0 spiro atoms. The number of rotatable bonds is 4. The van der Waals surface area contributed by atoms with E-state index in [1.165, 1.54) is 66.2 Å². The van der Waals surface area contributed by atoms with Crippen molar-refractivity contribution in [2.24, 2.45) is 0 Å². The summed E-state index contributed by atoms with van der Waals surface area (Å²) in [6.45, 7) is 6.44. The van der Waals surface area contributed by atoms with E-state index in [0.29, 0.717) is 0 Å². The summed E-state index contributed by atoms with van der Waals surface area (Å²) in [6, 6.07) is 41.6. The Kier molecular flexibility index (Phi) is 6.17. The average molecular weight is 527 g/mol. The highest BCUT2D eigenvalue weighted by Gasteiger charge is 2.14. The zero-order chi connectivity index (χ0) is 27.9. The normalized spacial score (nSPS) is 11.3. The molecule has 0 atom stereocenters. The Morgan fingerprint density at radius 1 is 0.415 bits per heavy atom. The molecule has 2 heteroatoms. The molecule has 7 rings (SSSR count). The van der Waals surface area contributed by atoms with E-state index >= 15 is 0 Å². The van der Waals surface area contributed by atoms with E-state index in [1.54, 1.807) is 0 Å². The first-order valence-corrected chi connectivity index (χ1v) is 14.1. The largest absolute Gasteiger partial charge is 0.256 e. The van der Waals surface area contributed by atoms with Crippen molar-refractivity contribution in [3.8, 4) is 44.6 Å². The van der Waals surface area contributed by atoms with E-state index in [0.717, 1.165) is 16.8 Å². The molecule has 196 valence electrons. The maximum Gasteiger partial charge on any atom is 0.0714 e. The van der Waals surface area contributed by atoms with Gasteiger partial charge in [-0.1, -0.05) is 72.8 Å². The summed E-state index contributed by atoms with van der Waals surface area (Å²) in [4.78, 5) is 9.50. The molecule has 0 amide bonds. The molecule has 0 fully saturated rings. The van der Waals surface area contributed by atoms with Crippen LogP contribution >= 0.6 is 0 Å². The molecule has 2 aromatic heterocycles. The fourth-order valence-corrected chi connectivity index (χ4v) is 5.78. The van der Waals surface area contributed by atoms with E-state index in [1.807, 2.05) is 18.5 Å². The summed E-state index contributed by atoms with van der Waals surface area (Å²) >= 11 is 0. The van der Waals surface area contributed by atoms with Crippen LogP contribution in [0.15, 0.2) is 128 Å². The first-order valence-electron chi connectivity index (χ1n) is 14.1. The van der Waals surface area contributed by atoms with Crippen LogP contribution < -0.4 is 0 Å². The highest BCUT2D eigenvalue weighted by Crippen LogP contribution is 2.39. The van der Waals surface area contributed by atoms with Crippen molar-refractivity contribution in [1.82, 2.24) is 9.97 Å². The summed E-state index contributed by atoms with van der Waals surface area (Å²) in [7, 11) is 0. The number of hydrogen-bond acceptors (Lipinski definition) is 2. The lowest BCUT2D eigenvalue weighted by molar-refractivity contribution is 1.22. The quantitative estimate of drug-likeness (QED) is 0.213. The van der Waals surface area contributed by atoms with Crippen LogP contribution in [0.3, 0.4) is 0 Å². The number of hydrogen-bond donors (Lipinski definition) is 0. The minimum absolute atomic E-state index is 1.00. The Balaban J connectivity index is 1.49. The van der Waals surface area contributed by atoms with E-state index < -0.39 is 0 Å². The van der Waals surface area contributed by atoms with Crippen molar-refractivity contribution in [1.29, 1.82) is 0 Å². The molecule has 0 aliphatic rings. The van der Waals surface area contributed by atoms with Gasteiger partial charge in [0.1, 0.15) is 0 Å². The summed E-state index contributed by atoms with van der Waals surface area (Å²) in [6.07, 6.45) is 3.85. The Morgan fingerprint density at radius 2 is 1.12 bits per heavy atom. The van der Waals surface area contributed by atoms with E-state index in [4.69, 9.17) is 9.97 Å². The monoisotopic (exact) mass is 526 g/mol. The molecular formula is C39H30N2. The second-order valence-electron chi connectivity index (χ2n) is 10.9. The van der Waals surface area contributed by atoms with Crippen LogP contribution in [0.4, 0.5) is 0 Å². The molecule has 41 heavy (non-hydrogen) atoms. The van der Waals surface area contributed by atoms with Crippen LogP contribution in [0.2, 0.25) is 0 Å². The van der Waals surface area contributed by atoms with Crippen LogP contribution in [0.5, 0.6) is 0 Å². The molecule has 0 aliphatic carbocycles. The maximum atomic E-state index is 4.76. The predicted octanol–water partition coefficient (Wildman–Crippen LogP) is 10.4. The molecule has 7 aromatic rings. The van der Waals surface area contributed by atoms with E-state index in [2.05, 4.69) is 130 Å². The summed E-state index contributed by atoms with van der Waals surface area (Å²) in [5.41, 5.74) is 14.0. The van der Waals surface area contributed by atoms with Gasteiger partial charge in [-0.15, -0.1) is 0 Å². The van der Waals surface area contributed by atoms with Crippen molar-refractivity contribution in [2.75, 3.05) is 0 Å². The first-order chi connectivity index (χ1) is 20.0. The van der Waals surface area contributed by atoms with E-state index in [9.17, 15) is 0 Å². The van der Waals surface area contributed by atoms with Gasteiger partial charge in [-0.25, -0.2) is 0 Å². The molecule has 0 aliphatic heterocycles. The van der Waals surface area contributed by atoms with Crippen molar-refractivity contribution in [2.45, 2.75) is 20.8 Å². The predicted molar refractivity (Wildman–Crippen MR) is 173 cm³/mol. The third-order valence-corrected chi connectivity index (χ3v) is 8.19. The summed E-state index contributed by atoms with van der Waals surface area (Å²) < 4.78 is 0. The van der Waals surface area contributed by atoms with E-state index in [-0.39, 0.29) is 0 Å². The van der Waals surface area contributed by atoms with Crippen LogP contribution in [-0.2, 0) is 0 Å². The van der Waals surface area contributed by atoms with Crippen LogP contribution in [-0.4, -0.2) is 9.97 Å². The van der Waals surface area contributed by atoms with Crippen molar-refractivity contribution in [3.63, 3.8) is 0 Å². The maximum absolute atomic E-state index is 4.76. The first kappa shape index (κ1) is 24.9. The summed E-state index contributed by atoms with van der Waals surface area (Å²) in [5, 5.41) is 3.63. The SMILES string of the molecule is Cc1cnc(-c2ccc(C)c(-c3cc(-c4ccccc4)cc(-c4cc5ncccc5c5ccccc45)c3)c2)cc1C. The fraction of sp³-hybridized carbons (Fsp3) is 0.0769. The van der Waals surface area contributed by atoms with Crippen molar-refractivity contribution >= 4 is 21.7 Å². The second-order valence-corrected chi connectivity index (χ2v) is 10.9. The van der Waals surface area contributed by atoms with Gasteiger partial charge in [-0.2, -0.15) is 0 Å². The third-order valence-electron chi connectivity index (χ3n) is 8.19. The van der Waals surface area contributed by atoms with Gasteiger partial charge < -0.3 is 0 Å². The van der Waals surface area contributed by atoms with Gasteiger partial charge in [0.05, 0.1) is 11.2 Å². The average Bonchev–Trinajstić information content (AvgIpc) is 3.02. The molecule has 0 bridgehead atoms. The highest BCUT2D eigenvalue weighted by molar-refractivity contribution is 6.13. The van der Waals surface area contributed by atoms with Crippen LogP contribution in [0, 0.1) is 20.8 Å². The van der Waals surface area contributed by atoms with Crippen LogP contribution in [0.1, 0.15) is 16.7 Å². The van der Waals surface area contributed by atoms with Crippen molar-refractivity contribution in [3.05, 3.63) is 144 Å². The zero-order valence-electron chi connectivity index (χ0n) is 23.5. The zero-order valence-corrected chi connectivity index (χ0v) is 23.5. The molecule has 0 saturated heterocycles. The smallest absolute Gasteiger partial charge is 0.0714 e. The topological polar surface area (TPSA) is 25.8 Å². The fourth-order valence-electron chi connectivity index (χ4n) is 5.78. The molecule has 0 saturated carbocycles. The Labute approximate surface area is 241 Å². The van der Waals surface area contributed by atoms with Gasteiger partial charge in [0, 0.05) is 23.3 Å². The second kappa shape index (κ2) is 10.1. The van der Waals surface area contributed by atoms with Crippen molar-refractivity contribution < 1.29 is 0 Å². The molecule has 0 radical (unpaired) electrons. The molecule has 2 heterocycles. The number of aromatic nitrogens is 2. The van der Waals surface area contributed by atoms with Gasteiger partial charge in [-0.3, -0.25) is 9.97 Å². The molecule has 2 nitrogen and oxygen atoms in total. The lowest BCUT2D eigenvalue weighted by Gasteiger charge is -2.16.